The Hall–Kier alpha value is -4.65. The number of aliphatic hydroxyl groups is 1. The average Bonchev–Trinajstić information content (AvgIpc) is 3.19. The van der Waals surface area contributed by atoms with Gasteiger partial charge in [0.05, 0.1) is 29.1 Å². The van der Waals surface area contributed by atoms with Crippen molar-refractivity contribution in [3.63, 3.8) is 0 Å². The zero-order chi connectivity index (χ0) is 24.3. The van der Waals surface area contributed by atoms with Gasteiger partial charge in [0, 0.05) is 12.6 Å². The fourth-order valence-corrected chi connectivity index (χ4v) is 3.10. The first-order chi connectivity index (χ1) is 14.9. The fourth-order valence-electron chi connectivity index (χ4n) is 3.10. The Balaban J connectivity index is 0.00000177. The molecule has 33 heavy (non-hydrogen) atoms. The fraction of sp³-hybridized carbons (Fsp3) is 0.286. The third-order valence-corrected chi connectivity index (χ3v) is 5.14. The Morgan fingerprint density at radius 3 is 2.45 bits per heavy atom. The molecule has 1 N–H and O–H groups in total. The number of carbonyl (C=O) groups is 1. The molecule has 0 aliphatic heterocycles. The number of rotatable bonds is 5. The van der Waals surface area contributed by atoms with Crippen LogP contribution in [0.3, 0.4) is 0 Å². The summed E-state index contributed by atoms with van der Waals surface area (Å²) < 4.78 is 54.6. The van der Waals surface area contributed by atoms with E-state index in [1.54, 1.807) is 6.07 Å². The number of hydrogen-bond donors (Lipinski definition) is 1. The van der Waals surface area contributed by atoms with E-state index in [0.717, 1.165) is 12.1 Å². The van der Waals surface area contributed by atoms with E-state index in [-0.39, 0.29) is 10.9 Å². The molecule has 2 aromatic carbocycles. The van der Waals surface area contributed by atoms with Crippen LogP contribution in [0.4, 0.5) is 23.2 Å². The second-order valence-electron chi connectivity index (χ2n) is 7.17. The van der Waals surface area contributed by atoms with E-state index in [9.17, 15) is 27.5 Å². The van der Waals surface area contributed by atoms with E-state index >= 15 is 0 Å². The molecule has 179 valence electrons. The molecule has 2 atom stereocenters. The summed E-state index contributed by atoms with van der Waals surface area (Å²) in [5, 5.41) is 15.2. The van der Waals surface area contributed by atoms with Gasteiger partial charge in [-0.15, -0.1) is 0 Å². The van der Waals surface area contributed by atoms with Crippen LogP contribution in [0.1, 0.15) is 31.0 Å². The Morgan fingerprint density at radius 1 is 1.27 bits per heavy atom. The van der Waals surface area contributed by atoms with E-state index in [4.69, 9.17) is 17.1 Å². The molecule has 0 spiro atoms. The molecule has 1 radical (unpaired) electrons. The van der Waals surface area contributed by atoms with Gasteiger partial charge in [-0.05, 0) is 31.5 Å². The summed E-state index contributed by atoms with van der Waals surface area (Å²) >= 11 is 0. The van der Waals surface area contributed by atoms with Crippen LogP contribution >= 0.6 is 0 Å². The Bertz CT molecular complexity index is 1190. The second kappa shape index (κ2) is 9.65. The number of aromatic nitrogens is 2. The average molecular weight is 701 g/mol. The van der Waals surface area contributed by atoms with Crippen LogP contribution in [0.5, 0.6) is 0 Å². The maximum atomic E-state index is 13.9. The van der Waals surface area contributed by atoms with Crippen molar-refractivity contribution < 1.29 is 27.5 Å². The summed E-state index contributed by atoms with van der Waals surface area (Å²) in [4.78, 5) is 22.8. The topological polar surface area (TPSA) is 98.8 Å². The minimum absolute atomic E-state index is 0. The zero-order valence-electron chi connectivity index (χ0n) is 17.2. The Kier molecular flexibility index (Phi) is 7.72. The molecule has 12 heteroatoms. The molecule has 0 saturated carbocycles. The van der Waals surface area contributed by atoms with Crippen LogP contribution in [0.15, 0.2) is 42.6 Å². The number of fused-ring (bicyclic) bond motifs is 1. The predicted molar refractivity (Wildman–Crippen MR) is 108 cm³/mol. The summed E-state index contributed by atoms with van der Waals surface area (Å²) in [6, 6.07) is 6.39. The van der Waals surface area contributed by atoms with Gasteiger partial charge in [-0.2, -0.15) is 18.3 Å². The largest absolute Gasteiger partial charge is 0.577 e. The molecular weight excluding hydrogens is 684 g/mol. The quantitative estimate of drug-likeness (QED) is 0.293. The molecule has 1 heterocycles. The van der Waals surface area contributed by atoms with E-state index in [0.29, 0.717) is 5.52 Å². The molecule has 1 aromatic heterocycles. The standard InChI is InChI=1S/C21H17F4N3O2.Es.NO/c1-12(28-11-14-16(22)5-4-6-17(14)27-28)20(2,30)19(29)10-13-7-8-18(26-3)15(9-13)21(23,24)25;;1-2/h4-9,11-12,30H,10H2,1-2H3;;/q;;-1/t12?,20-;;/m0../s1. The minimum Gasteiger partial charge on any atom is -0.577 e. The van der Waals surface area contributed by atoms with Gasteiger partial charge < -0.3 is 15.6 Å². The molecule has 0 aliphatic carbocycles. The van der Waals surface area contributed by atoms with Gasteiger partial charge in [0.1, 0.15) is 11.4 Å². The summed E-state index contributed by atoms with van der Waals surface area (Å²) in [7, 11) is 0. The number of nitroso groups, excluding NO2 is 1. The third-order valence-electron chi connectivity index (χ3n) is 5.14. The number of alkyl halides is 3. The van der Waals surface area contributed by atoms with E-state index < -0.39 is 47.1 Å². The summed E-state index contributed by atoms with van der Waals surface area (Å²) in [5.41, 5.74) is 2.42. The normalized spacial score (nSPS) is 13.6. The van der Waals surface area contributed by atoms with E-state index in [1.165, 1.54) is 42.9 Å². The van der Waals surface area contributed by atoms with Gasteiger partial charge in [0.25, 0.3) is 0 Å². The van der Waals surface area contributed by atoms with Crippen molar-refractivity contribution in [3.05, 3.63) is 81.5 Å². The van der Waals surface area contributed by atoms with Gasteiger partial charge in [-0.1, -0.05) is 24.3 Å². The maximum Gasteiger partial charge on any atom is 0.407 e. The van der Waals surface area contributed by atoms with Gasteiger partial charge in [-0.3, -0.25) is 9.48 Å². The van der Waals surface area contributed by atoms with Crippen LogP contribution < -0.4 is 0 Å². The molecule has 0 aliphatic rings. The molecule has 0 fully saturated rings. The molecule has 0 saturated heterocycles. The molecule has 1 unspecified atom stereocenters. The number of carbonyl (C=O) groups excluding carboxylic acids is 1. The van der Waals surface area contributed by atoms with Gasteiger partial charge in [0.15, 0.2) is 11.5 Å². The number of nitrogens with zero attached hydrogens (tertiary/aromatic N) is 4. The Morgan fingerprint density at radius 2 is 1.91 bits per heavy atom. The smallest absolute Gasteiger partial charge is 0.407 e. The third kappa shape index (κ3) is 5.16. The molecular formula is C21H17EsF4N4O3-. The summed E-state index contributed by atoms with van der Waals surface area (Å²) in [6.07, 6.45) is -3.86. The van der Waals surface area contributed by atoms with Crippen LogP contribution in [-0.2, 0) is 17.4 Å². The summed E-state index contributed by atoms with van der Waals surface area (Å²) in [6.45, 7) is 9.61. The van der Waals surface area contributed by atoms with Crippen LogP contribution in [0, 0.1) is 17.3 Å². The first-order valence-electron chi connectivity index (χ1n) is 9.10. The van der Waals surface area contributed by atoms with Gasteiger partial charge in [0.2, 0.25) is 0 Å². The molecule has 3 rings (SSSR count). The molecule has 7 nitrogen and oxygen atoms in total. The van der Waals surface area contributed by atoms with Crippen molar-refractivity contribution >= 4 is 22.4 Å². The number of benzene rings is 2. The van der Waals surface area contributed by atoms with Crippen molar-refractivity contribution in [3.8, 4) is 0 Å². The van der Waals surface area contributed by atoms with E-state index in [2.05, 4.69) is 9.94 Å². The Labute approximate surface area is 179 Å². The number of ketones is 1. The SMILES string of the molecule is [C-]#[N+]c1ccc(CC(=O)[C@@](C)(O)C(C)n2cc3c(F)cccc3n2)cc1C(F)(F)F.[Es].[N-]=O. The zero-order valence-corrected chi connectivity index (χ0v) is 19.7. The first kappa shape index (κ1) is 26.4. The maximum absolute atomic E-state index is 13.9. The number of Topliss-reactive ketones (excluding diaryl/α,β-unsaturated/α-hetero) is 1. The first-order valence-corrected chi connectivity index (χ1v) is 9.10. The van der Waals surface area contributed by atoms with Crippen molar-refractivity contribution in [2.75, 3.05) is 0 Å². The van der Waals surface area contributed by atoms with Crippen LogP contribution in [0.25, 0.3) is 21.3 Å². The van der Waals surface area contributed by atoms with Crippen molar-refractivity contribution in [1.82, 2.24) is 9.78 Å². The molecule has 3 aromatic rings. The molecule has 0 amide bonds. The second-order valence-corrected chi connectivity index (χ2v) is 7.17. The minimum atomic E-state index is -4.74. The van der Waals surface area contributed by atoms with Crippen molar-refractivity contribution in [2.45, 2.75) is 38.1 Å². The van der Waals surface area contributed by atoms with Crippen LogP contribution in [0.2, 0.25) is 0 Å². The summed E-state index contributed by atoms with van der Waals surface area (Å²) in [5.74, 6) is -1.24. The monoisotopic (exact) mass is 701 g/mol. The van der Waals surface area contributed by atoms with Crippen molar-refractivity contribution in [1.29, 1.82) is 0 Å². The predicted octanol–water partition coefficient (Wildman–Crippen LogP) is 5.19. The van der Waals surface area contributed by atoms with Gasteiger partial charge >= 0.3 is 6.18 Å². The van der Waals surface area contributed by atoms with Crippen LogP contribution in [-0.4, -0.2) is 26.3 Å². The number of halogens is 4. The molecule has 0 bridgehead atoms. The number of hydrogen-bond acceptors (Lipinski definition) is 4. The van der Waals surface area contributed by atoms with Gasteiger partial charge in [-0.25, -0.2) is 9.24 Å². The van der Waals surface area contributed by atoms with E-state index in [1.807, 2.05) is 0 Å². The van der Waals surface area contributed by atoms with Crippen molar-refractivity contribution in [2.24, 2.45) is 0 Å².